The van der Waals surface area contributed by atoms with Crippen molar-refractivity contribution in [1.82, 2.24) is 0 Å². The summed E-state index contributed by atoms with van der Waals surface area (Å²) >= 11 is 0. The van der Waals surface area contributed by atoms with Crippen LogP contribution in [0.2, 0.25) is 0 Å². The first kappa shape index (κ1) is 9.76. The summed E-state index contributed by atoms with van der Waals surface area (Å²) in [6, 6.07) is 11.8. The summed E-state index contributed by atoms with van der Waals surface area (Å²) in [7, 11) is 0. The highest BCUT2D eigenvalue weighted by molar-refractivity contribution is 5.87. The lowest BCUT2D eigenvalue weighted by Crippen LogP contribution is -2.04. The third kappa shape index (κ3) is 1.33. The van der Waals surface area contributed by atoms with E-state index in [-0.39, 0.29) is 0 Å². The zero-order valence-corrected chi connectivity index (χ0v) is 8.79. The number of aryl methyl sites for hydroxylation is 1. The molecule has 2 heteroatoms. The molecule has 2 aromatic rings. The lowest BCUT2D eigenvalue weighted by Gasteiger charge is -2.10. The van der Waals surface area contributed by atoms with E-state index in [1.807, 2.05) is 36.4 Å². The van der Waals surface area contributed by atoms with E-state index in [1.54, 1.807) is 0 Å². The molecule has 0 saturated heterocycles. The van der Waals surface area contributed by atoms with Gasteiger partial charge in [0.05, 0.1) is 0 Å². The molecule has 0 aliphatic heterocycles. The van der Waals surface area contributed by atoms with Gasteiger partial charge in [0.2, 0.25) is 6.43 Å². The van der Waals surface area contributed by atoms with Crippen LogP contribution in [0.5, 0.6) is 0 Å². The number of hydrogen-bond acceptors (Lipinski definition) is 0. The second-order valence-electron chi connectivity index (χ2n) is 4.33. The van der Waals surface area contributed by atoms with Crippen molar-refractivity contribution in [3.63, 3.8) is 0 Å². The molecule has 3 rings (SSSR count). The number of halogens is 2. The monoisotopic (exact) mass is 218 g/mol. The molecule has 0 fully saturated rings. The van der Waals surface area contributed by atoms with Gasteiger partial charge < -0.3 is 0 Å². The van der Waals surface area contributed by atoms with Crippen LogP contribution in [0.25, 0.3) is 10.8 Å². The Balaban J connectivity index is 2.23. The van der Waals surface area contributed by atoms with Crippen molar-refractivity contribution >= 4 is 10.8 Å². The second kappa shape index (κ2) is 3.55. The summed E-state index contributed by atoms with van der Waals surface area (Å²) in [4.78, 5) is 0. The highest BCUT2D eigenvalue weighted by atomic mass is 19.3. The van der Waals surface area contributed by atoms with Crippen LogP contribution in [0.4, 0.5) is 8.78 Å². The van der Waals surface area contributed by atoms with Gasteiger partial charge in [-0.25, -0.2) is 8.78 Å². The molecule has 0 bridgehead atoms. The van der Waals surface area contributed by atoms with Crippen molar-refractivity contribution in [2.75, 3.05) is 0 Å². The van der Waals surface area contributed by atoms with Crippen LogP contribution in [0, 0.1) is 0 Å². The first-order valence-corrected chi connectivity index (χ1v) is 5.56. The molecule has 0 amide bonds. The maximum atomic E-state index is 12.8. The minimum absolute atomic E-state index is 0.556. The first-order chi connectivity index (χ1) is 7.77. The van der Waals surface area contributed by atoms with Crippen LogP contribution in [0.3, 0.4) is 0 Å². The van der Waals surface area contributed by atoms with Crippen molar-refractivity contribution < 1.29 is 8.78 Å². The van der Waals surface area contributed by atoms with Gasteiger partial charge in [0.25, 0.3) is 0 Å². The Morgan fingerprint density at radius 2 is 1.88 bits per heavy atom. The molecule has 1 aliphatic carbocycles. The summed E-state index contributed by atoms with van der Waals surface area (Å²) < 4.78 is 25.6. The van der Waals surface area contributed by atoms with Crippen molar-refractivity contribution in [3.8, 4) is 0 Å². The van der Waals surface area contributed by atoms with Crippen molar-refractivity contribution in [3.05, 3.63) is 47.5 Å². The molecule has 0 heterocycles. The fraction of sp³-hybridized carbons (Fsp3) is 0.286. The van der Waals surface area contributed by atoms with Gasteiger partial charge in [-0.3, -0.25) is 0 Å². The van der Waals surface area contributed by atoms with E-state index in [2.05, 4.69) is 0 Å². The van der Waals surface area contributed by atoms with Crippen LogP contribution in [0.15, 0.2) is 36.4 Å². The predicted molar refractivity (Wildman–Crippen MR) is 61.0 cm³/mol. The summed E-state index contributed by atoms with van der Waals surface area (Å²) in [5.74, 6) is -0.556. The summed E-state index contributed by atoms with van der Waals surface area (Å²) in [6.45, 7) is 0. The number of benzene rings is 2. The third-order valence-corrected chi connectivity index (χ3v) is 3.49. The van der Waals surface area contributed by atoms with Crippen LogP contribution < -0.4 is 0 Å². The molecule has 1 unspecified atom stereocenters. The highest BCUT2D eigenvalue weighted by Gasteiger charge is 2.30. The Labute approximate surface area is 92.9 Å². The molecular formula is C14H12F2. The average Bonchev–Trinajstić information content (AvgIpc) is 2.73. The maximum Gasteiger partial charge on any atom is 0.245 e. The lowest BCUT2D eigenvalue weighted by molar-refractivity contribution is 0.114. The van der Waals surface area contributed by atoms with Gasteiger partial charge in [0.1, 0.15) is 0 Å². The van der Waals surface area contributed by atoms with Crippen molar-refractivity contribution in [2.24, 2.45) is 0 Å². The van der Waals surface area contributed by atoms with Crippen LogP contribution >= 0.6 is 0 Å². The summed E-state index contributed by atoms with van der Waals surface area (Å²) in [5, 5.41) is 2.29. The Morgan fingerprint density at radius 3 is 2.69 bits per heavy atom. The average molecular weight is 218 g/mol. The molecule has 0 N–H and O–H groups in total. The Kier molecular flexibility index (Phi) is 2.16. The van der Waals surface area contributed by atoms with Crippen molar-refractivity contribution in [1.29, 1.82) is 0 Å². The Hall–Kier alpha value is -1.44. The third-order valence-electron chi connectivity index (χ3n) is 3.49. The fourth-order valence-corrected chi connectivity index (χ4v) is 2.70. The van der Waals surface area contributed by atoms with E-state index in [9.17, 15) is 8.78 Å². The van der Waals surface area contributed by atoms with Crippen LogP contribution in [-0.2, 0) is 6.42 Å². The van der Waals surface area contributed by atoms with Gasteiger partial charge in [0.15, 0.2) is 0 Å². The smallest absolute Gasteiger partial charge is 0.210 e. The van der Waals surface area contributed by atoms with Gasteiger partial charge in [-0.1, -0.05) is 36.4 Å². The summed E-state index contributed by atoms with van der Waals surface area (Å²) in [6.07, 6.45) is -0.866. The predicted octanol–water partition coefficient (Wildman–Crippen LogP) is 4.13. The summed E-state index contributed by atoms with van der Waals surface area (Å²) in [5.41, 5.74) is 1.98. The minimum atomic E-state index is -2.23. The lowest BCUT2D eigenvalue weighted by atomic mass is 9.97. The molecule has 0 nitrogen and oxygen atoms in total. The van der Waals surface area contributed by atoms with E-state index in [4.69, 9.17) is 0 Å². The number of rotatable bonds is 1. The van der Waals surface area contributed by atoms with E-state index in [0.717, 1.165) is 28.3 Å². The molecule has 1 aliphatic rings. The zero-order chi connectivity index (χ0) is 11.1. The maximum absolute atomic E-state index is 12.8. The second-order valence-corrected chi connectivity index (χ2v) is 4.33. The standard InChI is InChI=1S/C14H12F2/c15-14(16)13-8-7-11-10-4-2-1-3-9(10)5-6-12(11)13/h1-6,13-14H,7-8H2. The normalized spacial score (nSPS) is 19.3. The molecule has 2 aromatic carbocycles. The largest absolute Gasteiger partial charge is 0.245 e. The van der Waals surface area contributed by atoms with Gasteiger partial charge in [-0.15, -0.1) is 0 Å². The van der Waals surface area contributed by atoms with E-state index >= 15 is 0 Å². The zero-order valence-electron chi connectivity index (χ0n) is 8.79. The molecule has 0 saturated carbocycles. The Morgan fingerprint density at radius 1 is 1.06 bits per heavy atom. The molecule has 0 radical (unpaired) electrons. The highest BCUT2D eigenvalue weighted by Crippen LogP contribution is 2.40. The molecule has 0 aromatic heterocycles. The van der Waals surface area contributed by atoms with Crippen LogP contribution in [0.1, 0.15) is 23.5 Å². The molecule has 1 atom stereocenters. The van der Waals surface area contributed by atoms with Gasteiger partial charge in [-0.05, 0) is 34.7 Å². The topological polar surface area (TPSA) is 0 Å². The molecule has 16 heavy (non-hydrogen) atoms. The number of alkyl halides is 2. The van der Waals surface area contributed by atoms with Gasteiger partial charge in [-0.2, -0.15) is 0 Å². The van der Waals surface area contributed by atoms with E-state index in [0.29, 0.717) is 6.42 Å². The van der Waals surface area contributed by atoms with Crippen molar-refractivity contribution in [2.45, 2.75) is 25.2 Å². The fourth-order valence-electron chi connectivity index (χ4n) is 2.70. The number of hydrogen-bond donors (Lipinski definition) is 0. The molecular weight excluding hydrogens is 206 g/mol. The van der Waals surface area contributed by atoms with Gasteiger partial charge >= 0.3 is 0 Å². The molecule has 0 spiro atoms. The van der Waals surface area contributed by atoms with Crippen LogP contribution in [-0.4, -0.2) is 6.43 Å². The number of fused-ring (bicyclic) bond motifs is 3. The minimum Gasteiger partial charge on any atom is -0.210 e. The van der Waals surface area contributed by atoms with E-state index in [1.165, 1.54) is 0 Å². The SMILES string of the molecule is FC(F)C1CCc2c1ccc1ccccc21. The molecule has 82 valence electrons. The quantitative estimate of drug-likeness (QED) is 0.675. The first-order valence-electron chi connectivity index (χ1n) is 5.56. The Bertz CT molecular complexity index is 531. The van der Waals surface area contributed by atoms with E-state index < -0.39 is 12.3 Å². The van der Waals surface area contributed by atoms with Gasteiger partial charge in [0, 0.05) is 5.92 Å².